The van der Waals surface area contributed by atoms with Crippen LogP contribution in [0.5, 0.6) is 0 Å². The van der Waals surface area contributed by atoms with Crippen molar-refractivity contribution in [1.82, 2.24) is 9.55 Å². The molecule has 0 radical (unpaired) electrons. The van der Waals surface area contributed by atoms with Gasteiger partial charge >= 0.3 is 0 Å². The third-order valence-electron chi connectivity index (χ3n) is 3.26. The first-order chi connectivity index (χ1) is 9.36. The number of nitrogens with zero attached hydrogens (tertiary/aromatic N) is 3. The van der Waals surface area contributed by atoms with Crippen molar-refractivity contribution < 1.29 is 4.55 Å². The fourth-order valence-electron chi connectivity index (χ4n) is 2.20. The fourth-order valence-corrected chi connectivity index (χ4v) is 3.01. The van der Waals surface area contributed by atoms with Crippen molar-refractivity contribution in [3.8, 4) is 0 Å². The molecule has 3 rings (SSSR count). The molecule has 1 aromatic heterocycles. The zero-order chi connectivity index (χ0) is 14.5. The second-order valence-electron chi connectivity index (χ2n) is 5.87. The lowest BCUT2D eigenvalue weighted by molar-refractivity contribution is 0.561. The van der Waals surface area contributed by atoms with E-state index in [1.807, 2.05) is 39.0 Å². The summed E-state index contributed by atoms with van der Waals surface area (Å²) in [7, 11) is 0. The smallest absolute Gasteiger partial charge is 0.160 e. The van der Waals surface area contributed by atoms with Gasteiger partial charge in [-0.2, -0.15) is 0 Å². The molecule has 106 valence electrons. The van der Waals surface area contributed by atoms with Crippen LogP contribution in [0.25, 0.3) is 11.0 Å². The molecule has 0 fully saturated rings. The van der Waals surface area contributed by atoms with E-state index in [0.717, 1.165) is 35.5 Å². The highest BCUT2D eigenvalue weighted by Crippen LogP contribution is 2.27. The summed E-state index contributed by atoms with van der Waals surface area (Å²) in [4.78, 5) is 4.59. The average Bonchev–Trinajstić information content (AvgIpc) is 2.88. The van der Waals surface area contributed by atoms with Gasteiger partial charge in [-0.3, -0.25) is 0 Å². The quantitative estimate of drug-likeness (QED) is 0.759. The molecule has 1 atom stereocenters. The molecule has 1 unspecified atom stereocenters. The average molecular weight is 310 g/mol. The zero-order valence-electron chi connectivity index (χ0n) is 11.7. The molecule has 2 aromatic rings. The summed E-state index contributed by atoms with van der Waals surface area (Å²) in [6.45, 7) is 6.58. The fraction of sp³-hybridized carbons (Fsp3) is 0.429. The van der Waals surface area contributed by atoms with Crippen molar-refractivity contribution in [3.63, 3.8) is 0 Å². The summed E-state index contributed by atoms with van der Waals surface area (Å²) in [5.41, 5.74) is 2.74. The Hall–Kier alpha value is -1.04. The molecule has 4 nitrogen and oxygen atoms in total. The highest BCUT2D eigenvalue weighted by molar-refractivity contribution is 7.91. The Morgan fingerprint density at radius 3 is 2.85 bits per heavy atom. The topological polar surface area (TPSA) is 53.2 Å². The van der Waals surface area contributed by atoms with Gasteiger partial charge in [-0.15, -0.1) is 0 Å². The van der Waals surface area contributed by atoms with Crippen molar-refractivity contribution in [3.05, 3.63) is 29.0 Å². The Balaban J connectivity index is 2.06. The number of halogens is 1. The number of hydrogen-bond acceptors (Lipinski definition) is 3. The van der Waals surface area contributed by atoms with Crippen LogP contribution in [0.1, 0.15) is 33.0 Å². The van der Waals surface area contributed by atoms with Gasteiger partial charge < -0.3 is 9.12 Å². The van der Waals surface area contributed by atoms with Crippen LogP contribution in [0.4, 0.5) is 0 Å². The Bertz CT molecular complexity index is 702. The highest BCUT2D eigenvalue weighted by Gasteiger charge is 2.30. The molecule has 1 aliphatic rings. The van der Waals surface area contributed by atoms with Gasteiger partial charge in [0, 0.05) is 18.0 Å². The minimum absolute atomic E-state index is 0.351. The van der Waals surface area contributed by atoms with E-state index in [-0.39, 0.29) is 4.75 Å². The molecule has 6 heteroatoms. The van der Waals surface area contributed by atoms with E-state index in [1.54, 1.807) is 0 Å². The predicted molar refractivity (Wildman–Crippen MR) is 83.8 cm³/mol. The number of fused-ring (bicyclic) bond motifs is 3. The normalized spacial score (nSPS) is 18.8. The van der Waals surface area contributed by atoms with Gasteiger partial charge in [-0.05, 0) is 39.0 Å². The maximum absolute atomic E-state index is 12.2. The van der Waals surface area contributed by atoms with Gasteiger partial charge in [0.1, 0.15) is 21.8 Å². The lowest BCUT2D eigenvalue weighted by Crippen LogP contribution is -2.26. The first kappa shape index (κ1) is 13.9. The number of hydrogen-bond donors (Lipinski definition) is 0. The van der Waals surface area contributed by atoms with Crippen molar-refractivity contribution in [2.45, 2.75) is 38.5 Å². The van der Waals surface area contributed by atoms with E-state index in [1.165, 1.54) is 0 Å². The highest BCUT2D eigenvalue weighted by atomic mass is 35.5. The van der Waals surface area contributed by atoms with Crippen LogP contribution in [-0.2, 0) is 17.9 Å². The lowest BCUT2D eigenvalue weighted by Gasteiger charge is -2.18. The van der Waals surface area contributed by atoms with E-state index >= 15 is 0 Å². The van der Waals surface area contributed by atoms with Crippen LogP contribution in [0.3, 0.4) is 0 Å². The molecular formula is C14H16ClN3OS. The molecule has 0 saturated carbocycles. The third-order valence-corrected chi connectivity index (χ3v) is 4.93. The van der Waals surface area contributed by atoms with Crippen LogP contribution in [-0.4, -0.2) is 24.6 Å². The van der Waals surface area contributed by atoms with Gasteiger partial charge in [-0.25, -0.2) is 4.98 Å². The Labute approximate surface area is 126 Å². The zero-order valence-corrected chi connectivity index (χ0v) is 13.3. The van der Waals surface area contributed by atoms with Crippen molar-refractivity contribution in [2.24, 2.45) is 4.40 Å². The number of rotatable bonds is 1. The molecule has 0 saturated heterocycles. The molecule has 1 aliphatic heterocycles. The summed E-state index contributed by atoms with van der Waals surface area (Å²) in [5.74, 6) is 0.819. The lowest BCUT2D eigenvalue weighted by atomic mass is 10.3. The second kappa shape index (κ2) is 4.76. The maximum Gasteiger partial charge on any atom is 0.160 e. The van der Waals surface area contributed by atoms with E-state index in [4.69, 9.17) is 11.6 Å². The Kier molecular flexibility index (Phi) is 3.31. The van der Waals surface area contributed by atoms with Gasteiger partial charge in [0.2, 0.25) is 0 Å². The first-order valence-corrected chi connectivity index (χ1v) is 8.00. The number of imidazole rings is 1. The van der Waals surface area contributed by atoms with Crippen molar-refractivity contribution >= 4 is 39.7 Å². The van der Waals surface area contributed by atoms with Crippen molar-refractivity contribution in [2.75, 3.05) is 0 Å². The van der Waals surface area contributed by atoms with Gasteiger partial charge in [0.15, 0.2) is 5.82 Å². The van der Waals surface area contributed by atoms with Crippen molar-refractivity contribution in [1.29, 1.82) is 0 Å². The van der Waals surface area contributed by atoms with E-state index < -0.39 is 11.4 Å². The first-order valence-electron chi connectivity index (χ1n) is 6.52. The number of aryl methyl sites for hydroxylation is 1. The minimum Gasteiger partial charge on any atom is -0.591 e. The minimum atomic E-state index is -1.25. The summed E-state index contributed by atoms with van der Waals surface area (Å²) >= 11 is 4.79. The van der Waals surface area contributed by atoms with Crippen LogP contribution < -0.4 is 0 Å². The van der Waals surface area contributed by atoms with Gasteiger partial charge in [0.05, 0.1) is 11.0 Å². The standard InChI is InChI=1S/C14H16ClN3OS/c1-14(2,3)20(19)17-11-6-7-18-12-8-9(15)4-5-10(12)16-13(11)18/h4-5,8H,6-7H2,1-3H3. The molecule has 0 N–H and O–H groups in total. The molecule has 0 bridgehead atoms. The SMILES string of the molecule is CC(C)(C)[S+]([O-])N=C1CCn2c1nc1ccc(Cl)cc12. The molecule has 0 spiro atoms. The predicted octanol–water partition coefficient (Wildman–Crippen LogP) is 3.34. The summed E-state index contributed by atoms with van der Waals surface area (Å²) in [6, 6.07) is 5.65. The Morgan fingerprint density at radius 2 is 2.15 bits per heavy atom. The summed E-state index contributed by atoms with van der Waals surface area (Å²) in [6.07, 6.45) is 0.770. The number of benzene rings is 1. The molecule has 2 heterocycles. The Morgan fingerprint density at radius 1 is 1.40 bits per heavy atom. The second-order valence-corrected chi connectivity index (χ2v) is 8.21. The van der Waals surface area contributed by atoms with Crippen LogP contribution in [0.15, 0.2) is 22.6 Å². The van der Waals surface area contributed by atoms with Gasteiger partial charge in [-0.1, -0.05) is 16.0 Å². The largest absolute Gasteiger partial charge is 0.591 e. The maximum atomic E-state index is 12.2. The van der Waals surface area contributed by atoms with Gasteiger partial charge in [0.25, 0.3) is 0 Å². The third kappa shape index (κ3) is 2.34. The molecule has 0 aliphatic carbocycles. The summed E-state index contributed by atoms with van der Waals surface area (Å²) in [5, 5.41) is 0.698. The van der Waals surface area contributed by atoms with Crippen LogP contribution in [0.2, 0.25) is 5.02 Å². The molecular weight excluding hydrogens is 294 g/mol. The molecule has 1 aromatic carbocycles. The monoisotopic (exact) mass is 309 g/mol. The van der Waals surface area contributed by atoms with E-state index in [9.17, 15) is 4.55 Å². The molecule has 0 amide bonds. The summed E-state index contributed by atoms with van der Waals surface area (Å²) < 4.78 is 18.3. The number of aromatic nitrogens is 2. The molecule has 20 heavy (non-hydrogen) atoms. The van der Waals surface area contributed by atoms with Crippen LogP contribution in [0, 0.1) is 0 Å². The van der Waals surface area contributed by atoms with E-state index in [2.05, 4.69) is 13.9 Å². The van der Waals surface area contributed by atoms with Crippen LogP contribution >= 0.6 is 11.6 Å². The van der Waals surface area contributed by atoms with E-state index in [0.29, 0.717) is 5.02 Å².